The maximum Gasteiger partial charge on any atom is 0.331 e. The fourth-order valence-corrected chi connectivity index (χ4v) is 2.64. The molecule has 0 fully saturated rings. The van der Waals surface area contributed by atoms with Crippen molar-refractivity contribution in [1.82, 2.24) is 10.9 Å². The average molecular weight is 546 g/mol. The number of halogens is 2. The molecule has 2 aromatic rings. The van der Waals surface area contributed by atoms with Crippen molar-refractivity contribution in [2.75, 3.05) is 0 Å². The Morgan fingerprint density at radius 2 is 1.12 bits per heavy atom. The lowest BCUT2D eigenvalue weighted by Crippen LogP contribution is -2.35. The van der Waals surface area contributed by atoms with Crippen LogP contribution >= 0.6 is 45.2 Å². The molecule has 0 spiro atoms. The molecular weight excluding hydrogens is 534 g/mol. The number of hydrogen-bond donors (Lipinski definition) is 2. The molecule has 24 heavy (non-hydrogen) atoms. The van der Waals surface area contributed by atoms with Crippen LogP contribution in [0.4, 0.5) is 0 Å². The average Bonchev–Trinajstić information content (AvgIpc) is 2.58. The molecule has 0 heterocycles. The van der Waals surface area contributed by atoms with Gasteiger partial charge in [-0.2, -0.15) is 10.2 Å². The van der Waals surface area contributed by atoms with E-state index in [0.29, 0.717) is 0 Å². The lowest BCUT2D eigenvalue weighted by molar-refractivity contribution is -0.139. The van der Waals surface area contributed by atoms with Gasteiger partial charge in [0.25, 0.3) is 0 Å². The lowest BCUT2D eigenvalue weighted by Gasteiger charge is -2.00. The number of rotatable bonds is 4. The van der Waals surface area contributed by atoms with E-state index in [1.165, 1.54) is 12.4 Å². The molecule has 8 heteroatoms. The lowest BCUT2D eigenvalue weighted by atomic mass is 10.2. The predicted molar refractivity (Wildman–Crippen MR) is 110 cm³/mol. The number of hydrogen-bond acceptors (Lipinski definition) is 4. The third kappa shape index (κ3) is 5.67. The van der Waals surface area contributed by atoms with E-state index in [1.807, 2.05) is 48.5 Å². The van der Waals surface area contributed by atoms with Gasteiger partial charge in [-0.1, -0.05) is 36.4 Å². The Balaban J connectivity index is 1.85. The number of nitrogens with one attached hydrogen (secondary N) is 2. The summed E-state index contributed by atoms with van der Waals surface area (Å²) in [6.07, 6.45) is 2.95. The molecule has 0 atom stereocenters. The number of nitrogens with zero attached hydrogens (tertiary/aromatic N) is 2. The van der Waals surface area contributed by atoms with E-state index in [1.54, 1.807) is 0 Å². The maximum atomic E-state index is 11.6. The van der Waals surface area contributed by atoms with Gasteiger partial charge in [0.1, 0.15) is 0 Å². The second-order valence-electron chi connectivity index (χ2n) is 4.44. The highest BCUT2D eigenvalue weighted by Crippen LogP contribution is 2.09. The zero-order valence-corrected chi connectivity index (χ0v) is 16.6. The summed E-state index contributed by atoms with van der Waals surface area (Å²) in [5.41, 5.74) is 6.00. The molecule has 0 aromatic heterocycles. The van der Waals surface area contributed by atoms with Crippen molar-refractivity contribution in [3.63, 3.8) is 0 Å². The van der Waals surface area contributed by atoms with E-state index >= 15 is 0 Å². The minimum atomic E-state index is -0.892. The molecule has 0 unspecified atom stereocenters. The summed E-state index contributed by atoms with van der Waals surface area (Å²) in [4.78, 5) is 23.2. The molecule has 2 amide bonds. The summed E-state index contributed by atoms with van der Waals surface area (Å²) in [6, 6.07) is 15.0. The van der Waals surface area contributed by atoms with Crippen molar-refractivity contribution in [2.24, 2.45) is 10.2 Å². The van der Waals surface area contributed by atoms with E-state index in [4.69, 9.17) is 0 Å². The van der Waals surface area contributed by atoms with Crippen molar-refractivity contribution < 1.29 is 9.59 Å². The first-order valence-electron chi connectivity index (χ1n) is 6.73. The van der Waals surface area contributed by atoms with Crippen molar-refractivity contribution in [2.45, 2.75) is 0 Å². The highest BCUT2D eigenvalue weighted by atomic mass is 127. The molecule has 0 saturated carbocycles. The van der Waals surface area contributed by atoms with E-state index < -0.39 is 11.8 Å². The highest BCUT2D eigenvalue weighted by molar-refractivity contribution is 14.1. The molecule has 2 aromatic carbocycles. The zero-order chi connectivity index (χ0) is 17.4. The van der Waals surface area contributed by atoms with Gasteiger partial charge < -0.3 is 0 Å². The van der Waals surface area contributed by atoms with Crippen LogP contribution < -0.4 is 10.9 Å². The molecule has 2 N–H and O–H groups in total. The van der Waals surface area contributed by atoms with Gasteiger partial charge in [-0.25, -0.2) is 10.9 Å². The normalized spacial score (nSPS) is 10.9. The predicted octanol–water partition coefficient (Wildman–Crippen LogP) is 2.50. The summed E-state index contributed by atoms with van der Waals surface area (Å²) in [7, 11) is 0. The van der Waals surface area contributed by atoms with Crippen LogP contribution in [0.2, 0.25) is 0 Å². The van der Waals surface area contributed by atoms with E-state index in [-0.39, 0.29) is 0 Å². The molecule has 0 aliphatic heterocycles. The Labute approximate surface area is 166 Å². The van der Waals surface area contributed by atoms with Crippen LogP contribution in [-0.4, -0.2) is 24.2 Å². The van der Waals surface area contributed by atoms with Gasteiger partial charge in [-0.05, 0) is 57.3 Å². The topological polar surface area (TPSA) is 82.9 Å². The number of amides is 2. The molecular formula is C16H12I2N4O2. The molecule has 0 aliphatic carbocycles. The van der Waals surface area contributed by atoms with Gasteiger partial charge in [-0.3, -0.25) is 9.59 Å². The van der Waals surface area contributed by atoms with E-state index in [9.17, 15) is 9.59 Å². The molecule has 0 saturated heterocycles. The number of hydrazone groups is 2. The van der Waals surface area contributed by atoms with Gasteiger partial charge in [0.15, 0.2) is 0 Å². The van der Waals surface area contributed by atoms with Crippen LogP contribution in [0.25, 0.3) is 0 Å². The van der Waals surface area contributed by atoms with Crippen molar-refractivity contribution in [1.29, 1.82) is 0 Å². The summed E-state index contributed by atoms with van der Waals surface area (Å²) >= 11 is 4.31. The second-order valence-corrected chi connectivity index (χ2v) is 6.77. The van der Waals surface area contributed by atoms with Gasteiger partial charge in [0.2, 0.25) is 0 Å². The zero-order valence-electron chi connectivity index (χ0n) is 12.2. The summed E-state index contributed by atoms with van der Waals surface area (Å²) in [5, 5.41) is 7.52. The van der Waals surface area contributed by atoms with Gasteiger partial charge in [0, 0.05) is 18.3 Å². The smallest absolute Gasteiger partial charge is 0.262 e. The number of benzene rings is 2. The van der Waals surface area contributed by atoms with Crippen molar-refractivity contribution in [3.8, 4) is 0 Å². The largest absolute Gasteiger partial charge is 0.331 e. The fraction of sp³-hybridized carbons (Fsp3) is 0. The minimum absolute atomic E-state index is 0.843. The molecule has 0 radical (unpaired) electrons. The first-order valence-corrected chi connectivity index (χ1v) is 8.89. The minimum Gasteiger partial charge on any atom is -0.262 e. The summed E-state index contributed by atoms with van der Waals surface area (Å²) in [5.74, 6) is -1.78. The Morgan fingerprint density at radius 1 is 0.750 bits per heavy atom. The van der Waals surface area contributed by atoms with Crippen LogP contribution in [0.1, 0.15) is 11.1 Å². The first kappa shape index (κ1) is 18.5. The van der Waals surface area contributed by atoms with Crippen LogP contribution in [0.5, 0.6) is 0 Å². The number of carbonyl (C=O) groups excluding carboxylic acids is 2. The summed E-state index contributed by atoms with van der Waals surface area (Å²) in [6.45, 7) is 0. The van der Waals surface area contributed by atoms with Gasteiger partial charge in [-0.15, -0.1) is 0 Å². The van der Waals surface area contributed by atoms with E-state index in [2.05, 4.69) is 66.2 Å². The standard InChI is InChI=1S/C16H12I2N4O2/c17-13-7-3-1-5-11(13)9-19-21-15(23)16(24)22-20-10-12-6-2-4-8-14(12)18/h1-10H,(H,21,23)(H,22,24). The fourth-order valence-electron chi connectivity index (χ4n) is 1.58. The SMILES string of the molecule is O=C(NN=Cc1ccccc1I)C(=O)NN=Cc1ccccc1I. The van der Waals surface area contributed by atoms with Crippen LogP contribution in [0.3, 0.4) is 0 Å². The van der Waals surface area contributed by atoms with Crippen LogP contribution in [0, 0.1) is 7.14 Å². The third-order valence-corrected chi connectivity index (χ3v) is 4.72. The highest BCUT2D eigenvalue weighted by Gasteiger charge is 2.11. The quantitative estimate of drug-likeness (QED) is 0.268. The molecule has 122 valence electrons. The van der Waals surface area contributed by atoms with Gasteiger partial charge >= 0.3 is 11.8 Å². The first-order chi connectivity index (χ1) is 11.6. The Bertz CT molecular complexity index is 739. The summed E-state index contributed by atoms with van der Waals surface area (Å²) < 4.78 is 1.97. The second kappa shape index (κ2) is 9.47. The molecule has 0 bridgehead atoms. The third-order valence-electron chi connectivity index (χ3n) is 2.76. The molecule has 6 nitrogen and oxygen atoms in total. The maximum absolute atomic E-state index is 11.6. The van der Waals surface area contributed by atoms with Gasteiger partial charge in [0.05, 0.1) is 12.4 Å². The van der Waals surface area contributed by atoms with Crippen LogP contribution in [0.15, 0.2) is 58.7 Å². The Kier molecular flexibility index (Phi) is 7.31. The van der Waals surface area contributed by atoms with Crippen molar-refractivity contribution in [3.05, 3.63) is 66.8 Å². The Morgan fingerprint density at radius 3 is 1.50 bits per heavy atom. The number of carbonyl (C=O) groups is 2. The van der Waals surface area contributed by atoms with Crippen LogP contribution in [-0.2, 0) is 9.59 Å². The Hall–Kier alpha value is -1.82. The monoisotopic (exact) mass is 546 g/mol. The molecule has 0 aliphatic rings. The van der Waals surface area contributed by atoms with Crippen molar-refractivity contribution >= 4 is 69.4 Å². The van der Waals surface area contributed by atoms with E-state index in [0.717, 1.165) is 18.3 Å². The molecule has 2 rings (SSSR count).